The van der Waals surface area contributed by atoms with E-state index in [4.69, 9.17) is 15.8 Å². The molecule has 0 aromatic rings. The molecule has 0 aromatic heterocycles. The van der Waals surface area contributed by atoms with Crippen molar-refractivity contribution in [2.24, 2.45) is 0 Å². The SMILES string of the molecule is C#N.C#N.C#N.[Au].[KH]. The van der Waals surface area contributed by atoms with Crippen LogP contribution in [0.1, 0.15) is 0 Å². The van der Waals surface area contributed by atoms with Crippen molar-refractivity contribution in [3.63, 3.8) is 0 Å². The summed E-state index contributed by atoms with van der Waals surface area (Å²) in [5, 5.41) is 19.5. The van der Waals surface area contributed by atoms with Crippen molar-refractivity contribution in [2.75, 3.05) is 0 Å². The summed E-state index contributed by atoms with van der Waals surface area (Å²) >= 11 is 0. The van der Waals surface area contributed by atoms with E-state index in [-0.39, 0.29) is 73.8 Å². The molecule has 0 aromatic carbocycles. The van der Waals surface area contributed by atoms with Crippen LogP contribution in [0.5, 0.6) is 0 Å². The summed E-state index contributed by atoms with van der Waals surface area (Å²) < 4.78 is 0. The van der Waals surface area contributed by atoms with Crippen molar-refractivity contribution in [1.29, 1.82) is 15.8 Å². The van der Waals surface area contributed by atoms with Gasteiger partial charge in [0.25, 0.3) is 0 Å². The molecule has 3 nitrogen and oxygen atoms in total. The third-order valence-electron chi connectivity index (χ3n) is 0. The molecule has 0 atom stereocenters. The van der Waals surface area contributed by atoms with Gasteiger partial charge in [-0.2, -0.15) is 0 Å². The Labute approximate surface area is 107 Å². The van der Waals surface area contributed by atoms with Gasteiger partial charge in [-0.05, 0) is 0 Å². The van der Waals surface area contributed by atoms with Crippen molar-refractivity contribution in [3.05, 3.63) is 0 Å². The molecule has 0 amide bonds. The molecule has 0 bridgehead atoms. The molecule has 0 aliphatic carbocycles. The van der Waals surface area contributed by atoms with Crippen LogP contribution in [0.3, 0.4) is 0 Å². The van der Waals surface area contributed by atoms with E-state index in [2.05, 4.69) is 19.7 Å². The van der Waals surface area contributed by atoms with Gasteiger partial charge in [0.1, 0.15) is 0 Å². The normalized spacial score (nSPS) is 0.750. The zero-order valence-corrected chi connectivity index (χ0v) is 5.54. The number of nitrogens with zero attached hydrogens (tertiary/aromatic N) is 3. The molecule has 0 saturated carbocycles. The van der Waals surface area contributed by atoms with Gasteiger partial charge in [0, 0.05) is 42.1 Å². The van der Waals surface area contributed by atoms with Gasteiger partial charge < -0.3 is 0 Å². The first-order valence-corrected chi connectivity index (χ1v) is 0.775. The van der Waals surface area contributed by atoms with Gasteiger partial charge in [0.05, 0.1) is 0 Å². The van der Waals surface area contributed by atoms with Crippen molar-refractivity contribution in [3.8, 4) is 19.7 Å². The summed E-state index contributed by atoms with van der Waals surface area (Å²) in [7, 11) is 0. The number of nitriles is 3. The topological polar surface area (TPSA) is 71.4 Å². The van der Waals surface area contributed by atoms with Crippen LogP contribution in [-0.2, 0) is 22.4 Å². The third-order valence-corrected chi connectivity index (χ3v) is 0. The molecular formula is C3H4AuKN3. The second-order valence-electron chi connectivity index (χ2n) is 0. The number of hydrogen-bond acceptors (Lipinski definition) is 3. The van der Waals surface area contributed by atoms with E-state index in [1.54, 1.807) is 0 Å². The van der Waals surface area contributed by atoms with E-state index in [1.807, 2.05) is 0 Å². The van der Waals surface area contributed by atoms with E-state index in [1.165, 1.54) is 0 Å². The molecule has 5 heteroatoms. The van der Waals surface area contributed by atoms with Crippen LogP contribution >= 0.6 is 0 Å². The first-order valence-electron chi connectivity index (χ1n) is 0.775. The molecule has 8 heavy (non-hydrogen) atoms. The van der Waals surface area contributed by atoms with Gasteiger partial charge in [-0.3, -0.25) is 0 Å². The van der Waals surface area contributed by atoms with E-state index in [0.29, 0.717) is 0 Å². The molecule has 0 aliphatic rings. The first kappa shape index (κ1) is 36.8. The Hall–Kier alpha value is 0.847. The Bertz CT molecular complexity index is 43.0. The molecule has 0 heterocycles. The Morgan fingerprint density at radius 1 is 0.625 bits per heavy atom. The minimum atomic E-state index is 0. The molecule has 1 radical (unpaired) electrons. The maximum absolute atomic E-state index is 6.50. The quantitative estimate of drug-likeness (QED) is 0.579. The fourth-order valence-electron chi connectivity index (χ4n) is 0. The van der Waals surface area contributed by atoms with Crippen molar-refractivity contribution >= 4 is 51.4 Å². The van der Waals surface area contributed by atoms with Crippen LogP contribution < -0.4 is 0 Å². The molecule has 0 fully saturated rings. The minimum absolute atomic E-state index is 0. The Balaban J connectivity index is -0.00000000500. The molecule has 0 rings (SSSR count). The summed E-state index contributed by atoms with van der Waals surface area (Å²) in [5.74, 6) is 0. The second-order valence-corrected chi connectivity index (χ2v) is 0. The zero-order valence-electron chi connectivity index (χ0n) is 3.38. The van der Waals surface area contributed by atoms with Crippen LogP contribution in [-0.4, -0.2) is 51.4 Å². The summed E-state index contributed by atoms with van der Waals surface area (Å²) in [4.78, 5) is 0. The van der Waals surface area contributed by atoms with Crippen LogP contribution in [0.4, 0.5) is 0 Å². The molecule has 0 aliphatic heterocycles. The van der Waals surface area contributed by atoms with Crippen molar-refractivity contribution in [1.82, 2.24) is 0 Å². The summed E-state index contributed by atoms with van der Waals surface area (Å²) in [5.41, 5.74) is 0. The fourth-order valence-corrected chi connectivity index (χ4v) is 0. The first-order chi connectivity index (χ1) is 3.00. The molecule has 0 N–H and O–H groups in total. The Morgan fingerprint density at radius 3 is 0.625 bits per heavy atom. The second kappa shape index (κ2) is 513. The van der Waals surface area contributed by atoms with E-state index in [0.717, 1.165) is 0 Å². The van der Waals surface area contributed by atoms with Crippen LogP contribution in [0.25, 0.3) is 0 Å². The van der Waals surface area contributed by atoms with Crippen LogP contribution in [0.15, 0.2) is 0 Å². The maximum atomic E-state index is 6.50. The summed E-state index contributed by atoms with van der Waals surface area (Å²) in [6, 6.07) is 0. The van der Waals surface area contributed by atoms with E-state index < -0.39 is 0 Å². The third kappa shape index (κ3) is 327. The molecule has 43 valence electrons. The average Bonchev–Trinajstić information content (AvgIpc) is 1.81. The van der Waals surface area contributed by atoms with E-state index in [9.17, 15) is 0 Å². The Morgan fingerprint density at radius 2 is 0.625 bits per heavy atom. The van der Waals surface area contributed by atoms with Gasteiger partial charge in [0.2, 0.25) is 0 Å². The van der Waals surface area contributed by atoms with Gasteiger partial charge in [-0.15, -0.1) is 0 Å². The zero-order chi connectivity index (χ0) is 6.00. The van der Waals surface area contributed by atoms with Crippen molar-refractivity contribution in [2.45, 2.75) is 0 Å². The molecule has 0 saturated heterocycles. The number of hydrogen-bond donors (Lipinski definition) is 0. The molecule has 0 spiro atoms. The predicted molar refractivity (Wildman–Crippen MR) is 27.2 cm³/mol. The number of rotatable bonds is 0. The summed E-state index contributed by atoms with van der Waals surface area (Å²) in [6.45, 7) is 10.5. The van der Waals surface area contributed by atoms with Gasteiger partial charge in [0.15, 0.2) is 0 Å². The van der Waals surface area contributed by atoms with Crippen LogP contribution in [0, 0.1) is 35.5 Å². The standard InChI is InChI=1S/3CHN.Au.K.H/c3*1-2;;;/h3*1H;;;. The summed E-state index contributed by atoms with van der Waals surface area (Å²) in [6.07, 6.45) is 0. The van der Waals surface area contributed by atoms with Gasteiger partial charge in [-0.1, -0.05) is 0 Å². The average molecular weight is 318 g/mol. The van der Waals surface area contributed by atoms with Crippen LogP contribution in [0.2, 0.25) is 0 Å². The molecule has 0 unspecified atom stereocenters. The van der Waals surface area contributed by atoms with Crippen molar-refractivity contribution < 1.29 is 22.4 Å². The van der Waals surface area contributed by atoms with Gasteiger partial charge in [-0.25, -0.2) is 15.8 Å². The van der Waals surface area contributed by atoms with Gasteiger partial charge >= 0.3 is 51.4 Å². The van der Waals surface area contributed by atoms with E-state index >= 15 is 0 Å². The Kier molecular flexibility index (Phi) is 2360. The molecular weight excluding hydrogens is 314 g/mol. The predicted octanol–water partition coefficient (Wildman–Crippen LogP) is -0.232. The fraction of sp³-hybridized carbons (Fsp3) is 0. The monoisotopic (exact) mass is 318 g/mol.